The molecule has 0 atom stereocenters. The van der Waals surface area contributed by atoms with E-state index in [-0.39, 0.29) is 11.1 Å². The molecule has 0 unspecified atom stereocenters. The van der Waals surface area contributed by atoms with Gasteiger partial charge >= 0.3 is 0 Å². The molecule has 2 aromatic carbocycles. The van der Waals surface area contributed by atoms with Crippen molar-refractivity contribution in [2.24, 2.45) is 0 Å². The van der Waals surface area contributed by atoms with Crippen LogP contribution in [0.4, 0.5) is 35.1 Å². The molecule has 3 aromatic rings. The zero-order valence-electron chi connectivity index (χ0n) is 23.0. The summed E-state index contributed by atoms with van der Waals surface area (Å²) >= 11 is 0. The molecule has 46 heavy (non-hydrogen) atoms. The molecule has 1 aliphatic carbocycles. The van der Waals surface area contributed by atoms with Crippen LogP contribution >= 0.6 is 0 Å². The van der Waals surface area contributed by atoms with Crippen LogP contribution in [-0.4, -0.2) is 28.6 Å². The second-order valence-electron chi connectivity index (χ2n) is 10.0. The van der Waals surface area contributed by atoms with Crippen molar-refractivity contribution in [2.75, 3.05) is 0 Å². The first-order valence-corrected chi connectivity index (χ1v) is 13.2. The fourth-order valence-corrected chi connectivity index (χ4v) is 4.65. The number of halogens is 8. The van der Waals surface area contributed by atoms with Crippen LogP contribution in [0.5, 0.6) is 0 Å². The second kappa shape index (κ2) is 12.5. The molecular formula is C29H19F8N5O4. The van der Waals surface area contributed by atoms with E-state index in [1.54, 1.807) is 0 Å². The summed E-state index contributed by atoms with van der Waals surface area (Å²) in [6, 6.07) is 2.02. The molecule has 0 saturated heterocycles. The van der Waals surface area contributed by atoms with Gasteiger partial charge in [-0.25, -0.2) is 35.1 Å². The number of H-pyrrole nitrogens is 1. The van der Waals surface area contributed by atoms with Gasteiger partial charge in [-0.2, -0.15) is 0 Å². The molecule has 240 valence electrons. The molecule has 5 N–H and O–H groups in total. The van der Waals surface area contributed by atoms with Crippen molar-refractivity contribution in [1.29, 1.82) is 0 Å². The van der Waals surface area contributed by atoms with Crippen LogP contribution in [-0.2, 0) is 35.8 Å². The summed E-state index contributed by atoms with van der Waals surface area (Å²) in [5, 5.41) is 8.13. The van der Waals surface area contributed by atoms with Crippen LogP contribution in [0, 0.1) is 46.5 Å². The Morgan fingerprint density at radius 3 is 0.957 bits per heavy atom. The largest absolute Gasteiger partial charge is 0.348 e. The minimum atomic E-state index is -1.85. The molecule has 4 aliphatic heterocycles. The SMILES string of the molecule is O=C1NCc2c(F)c(F)c(c(F)c2F)CNC(=O)c2ccc([nH]2)C(=O)NCc2c(F)c(F)c(c(F)c2F)CNC(=O)C2=CC=C1C2. The van der Waals surface area contributed by atoms with E-state index in [1.807, 2.05) is 10.6 Å². The Kier molecular flexibility index (Phi) is 8.67. The number of nitrogens with one attached hydrogen (secondary N) is 5. The number of carbonyl (C=O) groups is 4. The van der Waals surface area contributed by atoms with Crippen LogP contribution in [0.3, 0.4) is 0 Å². The van der Waals surface area contributed by atoms with E-state index < -0.39 is 136 Å². The highest BCUT2D eigenvalue weighted by Gasteiger charge is 2.29. The number of allylic oxidation sites excluding steroid dienone is 2. The van der Waals surface area contributed by atoms with Crippen molar-refractivity contribution in [3.05, 3.63) is 116 Å². The minimum absolute atomic E-state index is 0.152. The van der Waals surface area contributed by atoms with E-state index in [4.69, 9.17) is 0 Å². The lowest BCUT2D eigenvalue weighted by molar-refractivity contribution is -0.117. The number of amides is 4. The zero-order chi connectivity index (χ0) is 33.4. The molecular weight excluding hydrogens is 634 g/mol. The summed E-state index contributed by atoms with van der Waals surface area (Å²) in [4.78, 5) is 52.4. The second-order valence-corrected chi connectivity index (χ2v) is 10.0. The van der Waals surface area contributed by atoms with E-state index in [0.717, 1.165) is 24.3 Å². The number of hydrogen-bond donors (Lipinski definition) is 5. The molecule has 5 aliphatic rings. The fourth-order valence-electron chi connectivity index (χ4n) is 4.65. The average Bonchev–Trinajstić information content (AvgIpc) is 3.73. The van der Waals surface area contributed by atoms with Gasteiger partial charge in [-0.15, -0.1) is 0 Å². The Balaban J connectivity index is 1.46. The number of benzene rings is 2. The Morgan fingerprint density at radius 2 is 0.674 bits per heavy atom. The van der Waals surface area contributed by atoms with E-state index in [2.05, 4.69) is 15.6 Å². The van der Waals surface area contributed by atoms with Gasteiger partial charge in [0, 0.05) is 66.0 Å². The van der Waals surface area contributed by atoms with E-state index in [0.29, 0.717) is 0 Å². The van der Waals surface area contributed by atoms with Crippen molar-refractivity contribution in [1.82, 2.24) is 26.3 Å². The number of rotatable bonds is 0. The topological polar surface area (TPSA) is 132 Å². The smallest absolute Gasteiger partial charge is 0.267 e. The summed E-state index contributed by atoms with van der Waals surface area (Å²) in [6.45, 7) is -4.19. The first-order chi connectivity index (χ1) is 21.8. The number of carbonyl (C=O) groups excluding carboxylic acids is 4. The van der Waals surface area contributed by atoms with Gasteiger partial charge in [0.2, 0.25) is 11.8 Å². The van der Waals surface area contributed by atoms with Crippen LogP contribution in [0.2, 0.25) is 0 Å². The molecule has 9 nitrogen and oxygen atoms in total. The highest BCUT2D eigenvalue weighted by molar-refractivity contribution is 6.01. The van der Waals surface area contributed by atoms with Gasteiger partial charge in [-0.1, -0.05) is 12.2 Å². The van der Waals surface area contributed by atoms with Gasteiger partial charge in [0.25, 0.3) is 11.8 Å². The maximum Gasteiger partial charge on any atom is 0.267 e. The van der Waals surface area contributed by atoms with Crippen molar-refractivity contribution in [3.8, 4) is 0 Å². The van der Waals surface area contributed by atoms with Gasteiger partial charge in [0.1, 0.15) is 11.4 Å². The van der Waals surface area contributed by atoms with Gasteiger partial charge < -0.3 is 26.3 Å². The number of aromatic nitrogens is 1. The van der Waals surface area contributed by atoms with Gasteiger partial charge in [0.05, 0.1) is 0 Å². The van der Waals surface area contributed by atoms with Crippen LogP contribution < -0.4 is 21.3 Å². The summed E-state index contributed by atoms with van der Waals surface area (Å²) < 4.78 is 118. The summed E-state index contributed by atoms with van der Waals surface area (Å²) in [6.07, 6.45) is 1.83. The van der Waals surface area contributed by atoms with Crippen LogP contribution in [0.25, 0.3) is 0 Å². The Morgan fingerprint density at radius 1 is 0.413 bits per heavy atom. The van der Waals surface area contributed by atoms with Gasteiger partial charge in [-0.05, 0) is 12.1 Å². The lowest BCUT2D eigenvalue weighted by Crippen LogP contribution is -2.29. The molecule has 5 heterocycles. The molecule has 1 aromatic heterocycles. The summed E-state index contributed by atoms with van der Waals surface area (Å²) in [7, 11) is 0. The van der Waals surface area contributed by atoms with E-state index in [9.17, 15) is 54.3 Å². The number of aromatic amines is 1. The maximum absolute atomic E-state index is 14.7. The first-order valence-electron chi connectivity index (χ1n) is 13.2. The van der Waals surface area contributed by atoms with Crippen molar-refractivity contribution < 1.29 is 54.3 Å². The Bertz CT molecular complexity index is 1710. The molecule has 0 spiro atoms. The number of hydrogen-bond acceptors (Lipinski definition) is 4. The van der Waals surface area contributed by atoms with Gasteiger partial charge in [0.15, 0.2) is 46.5 Å². The lowest BCUT2D eigenvalue weighted by atomic mass is 10.1. The molecule has 8 rings (SSSR count). The Hall–Kier alpha value is -5.48. The quantitative estimate of drug-likeness (QED) is 0.188. The van der Waals surface area contributed by atoms with Gasteiger partial charge in [-0.3, -0.25) is 19.2 Å². The molecule has 0 radical (unpaired) electrons. The highest BCUT2D eigenvalue weighted by atomic mass is 19.2. The molecule has 17 heteroatoms. The van der Waals surface area contributed by atoms with Crippen molar-refractivity contribution >= 4 is 23.6 Å². The third kappa shape index (κ3) is 5.82. The van der Waals surface area contributed by atoms with Crippen molar-refractivity contribution in [2.45, 2.75) is 32.6 Å². The summed E-state index contributed by atoms with van der Waals surface area (Å²) in [5.74, 6) is -19.0. The first kappa shape index (κ1) is 31.9. The average molecular weight is 653 g/mol. The normalized spacial score (nSPS) is 16.1. The third-order valence-corrected chi connectivity index (χ3v) is 7.22. The van der Waals surface area contributed by atoms with Crippen molar-refractivity contribution in [3.63, 3.8) is 0 Å². The van der Waals surface area contributed by atoms with Crippen LogP contribution in [0.15, 0.2) is 35.4 Å². The zero-order valence-corrected chi connectivity index (χ0v) is 23.0. The minimum Gasteiger partial charge on any atom is -0.348 e. The molecule has 4 amide bonds. The molecule has 8 bridgehead atoms. The van der Waals surface area contributed by atoms with Crippen LogP contribution in [0.1, 0.15) is 49.7 Å². The highest BCUT2D eigenvalue weighted by Crippen LogP contribution is 2.27. The Labute approximate surface area is 252 Å². The maximum atomic E-state index is 14.7. The molecule has 0 saturated carbocycles. The van der Waals surface area contributed by atoms with E-state index >= 15 is 0 Å². The molecule has 0 fully saturated rings. The van der Waals surface area contributed by atoms with E-state index in [1.165, 1.54) is 0 Å². The standard InChI is InChI=1S/C29H19F8N5O4/c30-18-12-6-38-26(43)10-1-2-11(5-10)27(44)39-7-13-20(32)24(36)15(25(37)21(13)33)9-41-29(46)17-4-3-16(42-17)28(45)40-8-14(22(18)34)23(35)19(12)31/h1-4,42H,5-9H2,(H,38,43)(H,39,44)(H,40,45)(H,41,46). The fraction of sp³-hybridized carbons (Fsp3) is 0.172. The monoisotopic (exact) mass is 653 g/mol. The summed E-state index contributed by atoms with van der Waals surface area (Å²) in [5.41, 5.74) is -5.85. The predicted octanol–water partition coefficient (Wildman–Crippen LogP) is 3.49. The lowest BCUT2D eigenvalue weighted by Gasteiger charge is -2.14. The third-order valence-electron chi connectivity index (χ3n) is 7.22. The predicted molar refractivity (Wildman–Crippen MR) is 140 cm³/mol.